The Kier molecular flexibility index (Phi) is 6.07. The number of benzene rings is 1. The zero-order valence-corrected chi connectivity index (χ0v) is 15.2. The summed E-state index contributed by atoms with van der Waals surface area (Å²) < 4.78 is 23.8. The standard InChI is InChI=1S/C19H17FN4O4/c1-26-14-4-5-15(20)13(7-14)11-28-24-19(25)17-10-21-9-16(23-17)12-3-6-18(27-2)22-8-12/h3-10H,11H2,1-2H3,(H,24,25). The number of amides is 1. The molecular formula is C19H17FN4O4. The average molecular weight is 384 g/mol. The van der Waals surface area contributed by atoms with E-state index >= 15 is 0 Å². The molecule has 3 aromatic rings. The van der Waals surface area contributed by atoms with E-state index in [-0.39, 0.29) is 17.9 Å². The lowest BCUT2D eigenvalue weighted by molar-refractivity contribution is 0.0219. The van der Waals surface area contributed by atoms with Gasteiger partial charge < -0.3 is 9.47 Å². The minimum Gasteiger partial charge on any atom is -0.497 e. The fraction of sp³-hybridized carbons (Fsp3) is 0.158. The molecule has 144 valence electrons. The fourth-order valence-electron chi connectivity index (χ4n) is 2.29. The zero-order chi connectivity index (χ0) is 19.9. The Labute approximate surface area is 160 Å². The van der Waals surface area contributed by atoms with Gasteiger partial charge in [-0.05, 0) is 24.3 Å². The van der Waals surface area contributed by atoms with E-state index in [0.29, 0.717) is 22.9 Å². The average Bonchev–Trinajstić information content (AvgIpc) is 2.75. The third kappa shape index (κ3) is 4.57. The van der Waals surface area contributed by atoms with Crippen molar-refractivity contribution in [2.75, 3.05) is 14.2 Å². The van der Waals surface area contributed by atoms with Crippen molar-refractivity contribution < 1.29 is 23.5 Å². The van der Waals surface area contributed by atoms with Crippen LogP contribution in [-0.4, -0.2) is 35.1 Å². The molecule has 0 saturated carbocycles. The molecule has 1 amide bonds. The number of nitrogens with one attached hydrogen (secondary N) is 1. The summed E-state index contributed by atoms with van der Waals surface area (Å²) in [5, 5.41) is 0. The number of ether oxygens (including phenoxy) is 2. The number of hydroxylamine groups is 1. The predicted molar refractivity (Wildman–Crippen MR) is 97.0 cm³/mol. The van der Waals surface area contributed by atoms with Crippen molar-refractivity contribution in [3.8, 4) is 22.9 Å². The van der Waals surface area contributed by atoms with Crippen molar-refractivity contribution in [2.45, 2.75) is 6.61 Å². The summed E-state index contributed by atoms with van der Waals surface area (Å²) in [6.45, 7) is -0.176. The predicted octanol–water partition coefficient (Wildman–Crippen LogP) is 2.56. The molecule has 3 rings (SSSR count). The van der Waals surface area contributed by atoms with Crippen molar-refractivity contribution in [1.29, 1.82) is 0 Å². The van der Waals surface area contributed by atoms with Gasteiger partial charge in [-0.1, -0.05) is 0 Å². The number of pyridine rings is 1. The first kappa shape index (κ1) is 19.2. The number of hydrogen-bond donors (Lipinski definition) is 1. The highest BCUT2D eigenvalue weighted by atomic mass is 19.1. The monoisotopic (exact) mass is 384 g/mol. The molecule has 0 spiro atoms. The van der Waals surface area contributed by atoms with Crippen LogP contribution in [0.4, 0.5) is 4.39 Å². The smallest absolute Gasteiger partial charge is 0.295 e. The molecule has 0 aliphatic carbocycles. The number of rotatable bonds is 7. The molecule has 8 nitrogen and oxygen atoms in total. The summed E-state index contributed by atoms with van der Waals surface area (Å²) in [5.74, 6) is -0.134. The number of halogens is 1. The molecule has 0 fully saturated rings. The maximum atomic E-state index is 13.8. The quantitative estimate of drug-likeness (QED) is 0.626. The molecule has 0 unspecified atom stereocenters. The SMILES string of the molecule is COc1ccc(F)c(CONC(=O)c2cncc(-c3ccc(OC)nc3)n2)c1. The molecule has 0 saturated heterocycles. The van der Waals surface area contributed by atoms with Crippen molar-refractivity contribution in [2.24, 2.45) is 0 Å². The highest BCUT2D eigenvalue weighted by Crippen LogP contribution is 2.18. The molecule has 1 aromatic carbocycles. The number of hydrogen-bond acceptors (Lipinski definition) is 7. The molecule has 2 aromatic heterocycles. The summed E-state index contributed by atoms with van der Waals surface area (Å²) in [4.78, 5) is 29.7. The maximum Gasteiger partial charge on any atom is 0.295 e. The number of nitrogens with zero attached hydrogens (tertiary/aromatic N) is 3. The Bertz CT molecular complexity index is 966. The molecule has 1 N–H and O–H groups in total. The van der Waals surface area contributed by atoms with E-state index in [4.69, 9.17) is 14.3 Å². The second-order valence-corrected chi connectivity index (χ2v) is 5.56. The summed E-state index contributed by atoms with van der Waals surface area (Å²) in [6.07, 6.45) is 4.37. The van der Waals surface area contributed by atoms with Crippen LogP contribution in [0, 0.1) is 5.82 Å². The Morgan fingerprint density at radius 3 is 2.68 bits per heavy atom. The van der Waals surface area contributed by atoms with E-state index in [0.717, 1.165) is 0 Å². The molecule has 0 radical (unpaired) electrons. The molecule has 0 bridgehead atoms. The van der Waals surface area contributed by atoms with Gasteiger partial charge >= 0.3 is 0 Å². The van der Waals surface area contributed by atoms with E-state index in [1.165, 1.54) is 44.8 Å². The molecule has 9 heteroatoms. The van der Waals surface area contributed by atoms with Crippen LogP contribution < -0.4 is 15.0 Å². The minimum absolute atomic E-state index is 0.0411. The first-order chi connectivity index (χ1) is 13.6. The number of carbonyl (C=O) groups excluding carboxylic acids is 1. The van der Waals surface area contributed by atoms with Gasteiger partial charge in [0.15, 0.2) is 0 Å². The lowest BCUT2D eigenvalue weighted by Gasteiger charge is -2.08. The Hall–Kier alpha value is -3.59. The summed E-state index contributed by atoms with van der Waals surface area (Å²) >= 11 is 0. The first-order valence-electron chi connectivity index (χ1n) is 8.17. The van der Waals surface area contributed by atoms with E-state index in [1.54, 1.807) is 18.3 Å². The second kappa shape index (κ2) is 8.87. The normalized spacial score (nSPS) is 10.4. The van der Waals surface area contributed by atoms with Crippen LogP contribution in [-0.2, 0) is 11.4 Å². The van der Waals surface area contributed by atoms with Gasteiger partial charge in [-0.3, -0.25) is 14.6 Å². The minimum atomic E-state index is -0.612. The van der Waals surface area contributed by atoms with Crippen molar-refractivity contribution in [3.05, 3.63) is 66.0 Å². The number of aromatic nitrogens is 3. The topological polar surface area (TPSA) is 95.5 Å². The highest BCUT2D eigenvalue weighted by Gasteiger charge is 2.12. The highest BCUT2D eigenvalue weighted by molar-refractivity contribution is 5.91. The van der Waals surface area contributed by atoms with Crippen LogP contribution >= 0.6 is 0 Å². The molecule has 0 aliphatic rings. The van der Waals surface area contributed by atoms with Crippen LogP contribution in [0.25, 0.3) is 11.3 Å². The zero-order valence-electron chi connectivity index (χ0n) is 15.2. The van der Waals surface area contributed by atoms with Gasteiger partial charge in [0.1, 0.15) is 23.9 Å². The van der Waals surface area contributed by atoms with Crippen LogP contribution in [0.1, 0.15) is 16.1 Å². The summed E-state index contributed by atoms with van der Waals surface area (Å²) in [6, 6.07) is 7.66. The van der Waals surface area contributed by atoms with Crippen LogP contribution in [0.3, 0.4) is 0 Å². The van der Waals surface area contributed by atoms with Crippen molar-refractivity contribution in [1.82, 2.24) is 20.4 Å². The Morgan fingerprint density at radius 2 is 1.96 bits per heavy atom. The van der Waals surface area contributed by atoms with E-state index in [2.05, 4.69) is 20.4 Å². The summed E-state index contributed by atoms with van der Waals surface area (Å²) in [5.41, 5.74) is 3.63. The number of carbonyl (C=O) groups is 1. The molecule has 0 atom stereocenters. The van der Waals surface area contributed by atoms with Crippen LogP contribution in [0.2, 0.25) is 0 Å². The third-order valence-electron chi connectivity index (χ3n) is 3.75. The van der Waals surface area contributed by atoms with Crippen LogP contribution in [0.5, 0.6) is 11.6 Å². The molecule has 0 aliphatic heterocycles. The van der Waals surface area contributed by atoms with Gasteiger partial charge in [0.25, 0.3) is 5.91 Å². The first-order valence-corrected chi connectivity index (χ1v) is 8.17. The third-order valence-corrected chi connectivity index (χ3v) is 3.75. The van der Waals surface area contributed by atoms with Gasteiger partial charge in [-0.15, -0.1) is 0 Å². The van der Waals surface area contributed by atoms with E-state index in [9.17, 15) is 9.18 Å². The largest absolute Gasteiger partial charge is 0.497 e. The van der Waals surface area contributed by atoms with Gasteiger partial charge in [-0.2, -0.15) is 0 Å². The van der Waals surface area contributed by atoms with Crippen molar-refractivity contribution in [3.63, 3.8) is 0 Å². The lowest BCUT2D eigenvalue weighted by atomic mass is 10.2. The van der Waals surface area contributed by atoms with Gasteiger partial charge in [0.05, 0.1) is 32.3 Å². The number of methoxy groups -OCH3 is 2. The Morgan fingerprint density at radius 1 is 1.11 bits per heavy atom. The lowest BCUT2D eigenvalue weighted by Crippen LogP contribution is -2.25. The van der Waals surface area contributed by atoms with Crippen LogP contribution in [0.15, 0.2) is 48.9 Å². The molecule has 2 heterocycles. The fourth-order valence-corrected chi connectivity index (χ4v) is 2.29. The van der Waals surface area contributed by atoms with Gasteiger partial charge in [-0.25, -0.2) is 19.8 Å². The van der Waals surface area contributed by atoms with Gasteiger partial charge in [0.2, 0.25) is 5.88 Å². The van der Waals surface area contributed by atoms with Crippen molar-refractivity contribution >= 4 is 5.91 Å². The molecule has 28 heavy (non-hydrogen) atoms. The van der Waals surface area contributed by atoms with E-state index in [1.807, 2.05) is 0 Å². The van der Waals surface area contributed by atoms with Gasteiger partial charge in [0, 0.05) is 23.4 Å². The molecular weight excluding hydrogens is 367 g/mol. The summed E-state index contributed by atoms with van der Waals surface area (Å²) in [7, 11) is 2.99. The second-order valence-electron chi connectivity index (χ2n) is 5.56. The Balaban J connectivity index is 1.64. The van der Waals surface area contributed by atoms with E-state index < -0.39 is 11.7 Å². The maximum absolute atomic E-state index is 13.8.